The van der Waals surface area contributed by atoms with Crippen molar-refractivity contribution in [2.45, 2.75) is 13.8 Å². The minimum absolute atomic E-state index is 0.194. The molecule has 2 aromatic carbocycles. The van der Waals surface area contributed by atoms with E-state index in [0.29, 0.717) is 22.6 Å². The summed E-state index contributed by atoms with van der Waals surface area (Å²) in [6, 6.07) is 11.6. The van der Waals surface area contributed by atoms with Crippen molar-refractivity contribution in [2.75, 3.05) is 0 Å². The summed E-state index contributed by atoms with van der Waals surface area (Å²) in [5.74, 6) is -0.00270. The highest BCUT2D eigenvalue weighted by Gasteiger charge is 2.10. The standard InChI is InChI=1S/C19H16BNO5/c1-11(22)25-14-5-3-13(4-6-14)21-10-18(20)17-9-15(26-12(2)23)7-8-16(17)19(21)24/h3-10H,20H2,1-2H3. The van der Waals surface area contributed by atoms with E-state index in [-0.39, 0.29) is 5.56 Å². The van der Waals surface area contributed by atoms with Gasteiger partial charge in [0.25, 0.3) is 5.56 Å². The van der Waals surface area contributed by atoms with Crippen molar-refractivity contribution < 1.29 is 19.1 Å². The number of aromatic nitrogens is 1. The Labute approximate surface area is 150 Å². The van der Waals surface area contributed by atoms with Crippen LogP contribution in [0, 0.1) is 0 Å². The maximum absolute atomic E-state index is 12.8. The Bertz CT molecular complexity index is 1070. The molecule has 0 saturated carbocycles. The second-order valence-corrected chi connectivity index (χ2v) is 5.88. The third-order valence-electron chi connectivity index (χ3n) is 3.83. The van der Waals surface area contributed by atoms with Crippen molar-refractivity contribution in [2.24, 2.45) is 0 Å². The van der Waals surface area contributed by atoms with Crippen LogP contribution < -0.4 is 20.5 Å². The van der Waals surface area contributed by atoms with Crippen molar-refractivity contribution in [1.29, 1.82) is 0 Å². The summed E-state index contributed by atoms with van der Waals surface area (Å²) < 4.78 is 11.6. The monoisotopic (exact) mass is 349 g/mol. The first-order chi connectivity index (χ1) is 12.3. The Kier molecular flexibility index (Phi) is 4.62. The molecule has 0 aliphatic heterocycles. The number of ether oxygens (including phenoxy) is 2. The summed E-state index contributed by atoms with van der Waals surface area (Å²) >= 11 is 0. The number of carbonyl (C=O) groups is 2. The number of fused-ring (bicyclic) bond motifs is 1. The number of pyridine rings is 1. The molecule has 0 bridgehead atoms. The zero-order chi connectivity index (χ0) is 18.8. The van der Waals surface area contributed by atoms with Crippen LogP contribution in [0.5, 0.6) is 11.5 Å². The molecule has 6 nitrogen and oxygen atoms in total. The van der Waals surface area contributed by atoms with E-state index in [1.54, 1.807) is 48.7 Å². The maximum atomic E-state index is 12.8. The van der Waals surface area contributed by atoms with Gasteiger partial charge in [0.15, 0.2) is 0 Å². The Morgan fingerprint density at radius 2 is 1.46 bits per heavy atom. The number of carbonyl (C=O) groups excluding carboxylic acids is 2. The fraction of sp³-hybridized carbons (Fsp3) is 0.105. The van der Waals surface area contributed by atoms with Gasteiger partial charge in [-0.15, -0.1) is 0 Å². The molecule has 0 aliphatic carbocycles. The normalized spacial score (nSPS) is 10.5. The van der Waals surface area contributed by atoms with Gasteiger partial charge in [-0.3, -0.25) is 19.0 Å². The van der Waals surface area contributed by atoms with Crippen molar-refractivity contribution in [3.63, 3.8) is 0 Å². The van der Waals surface area contributed by atoms with Gasteiger partial charge in [-0.2, -0.15) is 0 Å². The molecular formula is C19H16BNO5. The maximum Gasteiger partial charge on any atom is 0.308 e. The van der Waals surface area contributed by atoms with E-state index in [9.17, 15) is 14.4 Å². The van der Waals surface area contributed by atoms with Gasteiger partial charge in [0.1, 0.15) is 19.3 Å². The lowest BCUT2D eigenvalue weighted by Crippen LogP contribution is -2.24. The quantitative estimate of drug-likeness (QED) is 0.402. The number of nitrogens with zero attached hydrogens (tertiary/aromatic N) is 1. The average Bonchev–Trinajstić information content (AvgIpc) is 2.58. The molecule has 0 spiro atoms. The molecule has 0 unspecified atom stereocenters. The van der Waals surface area contributed by atoms with E-state index in [0.717, 1.165) is 10.8 Å². The van der Waals surface area contributed by atoms with E-state index in [2.05, 4.69) is 0 Å². The molecule has 0 radical (unpaired) electrons. The van der Waals surface area contributed by atoms with Crippen molar-refractivity contribution in [1.82, 2.24) is 4.57 Å². The predicted molar refractivity (Wildman–Crippen MR) is 100 cm³/mol. The van der Waals surface area contributed by atoms with Crippen molar-refractivity contribution in [3.8, 4) is 17.2 Å². The smallest absolute Gasteiger partial charge is 0.308 e. The van der Waals surface area contributed by atoms with E-state index < -0.39 is 11.9 Å². The van der Waals surface area contributed by atoms with Gasteiger partial charge >= 0.3 is 11.9 Å². The Balaban J connectivity index is 2.07. The molecule has 3 rings (SSSR count). The van der Waals surface area contributed by atoms with Gasteiger partial charge < -0.3 is 9.47 Å². The SMILES string of the molecule is Bc1cn(-c2ccc(OC(C)=O)cc2)c(=O)c2ccc(OC(C)=O)cc12. The van der Waals surface area contributed by atoms with Crippen molar-refractivity contribution in [3.05, 3.63) is 59.0 Å². The Morgan fingerprint density at radius 1 is 0.885 bits per heavy atom. The summed E-state index contributed by atoms with van der Waals surface area (Å²) in [4.78, 5) is 35.0. The van der Waals surface area contributed by atoms with Crippen LogP contribution in [0.25, 0.3) is 16.5 Å². The van der Waals surface area contributed by atoms with Gasteiger partial charge in [0.05, 0.1) is 0 Å². The van der Waals surface area contributed by atoms with Crippen molar-refractivity contribution >= 4 is 36.0 Å². The molecule has 7 heteroatoms. The van der Waals surface area contributed by atoms with Crippen LogP contribution >= 0.6 is 0 Å². The van der Waals surface area contributed by atoms with Crippen LogP contribution in [0.4, 0.5) is 0 Å². The lowest BCUT2D eigenvalue weighted by Gasteiger charge is -2.12. The second-order valence-electron chi connectivity index (χ2n) is 5.88. The first kappa shape index (κ1) is 17.5. The summed E-state index contributed by atoms with van der Waals surface area (Å²) in [7, 11) is 1.88. The van der Waals surface area contributed by atoms with E-state index >= 15 is 0 Å². The lowest BCUT2D eigenvalue weighted by molar-refractivity contribution is -0.132. The van der Waals surface area contributed by atoms with Crippen LogP contribution in [-0.2, 0) is 9.59 Å². The zero-order valence-electron chi connectivity index (χ0n) is 14.6. The molecule has 3 aromatic rings. The van der Waals surface area contributed by atoms with E-state index in [4.69, 9.17) is 9.47 Å². The van der Waals surface area contributed by atoms with E-state index in [1.165, 1.54) is 18.4 Å². The molecule has 1 heterocycles. The first-order valence-corrected chi connectivity index (χ1v) is 7.98. The second kappa shape index (κ2) is 6.88. The summed E-state index contributed by atoms with van der Waals surface area (Å²) in [6.45, 7) is 2.66. The minimum atomic E-state index is -0.414. The topological polar surface area (TPSA) is 74.6 Å². The lowest BCUT2D eigenvalue weighted by atomic mass is 9.92. The summed E-state index contributed by atoms with van der Waals surface area (Å²) in [5, 5.41) is 1.24. The number of benzene rings is 2. The third kappa shape index (κ3) is 3.51. The first-order valence-electron chi connectivity index (χ1n) is 7.98. The van der Waals surface area contributed by atoms with Crippen LogP contribution in [0.15, 0.2) is 53.5 Å². The molecule has 0 fully saturated rings. The highest BCUT2D eigenvalue weighted by atomic mass is 16.5. The van der Waals surface area contributed by atoms with Crippen LogP contribution in [0.2, 0.25) is 0 Å². The van der Waals surface area contributed by atoms with Gasteiger partial charge in [0.2, 0.25) is 0 Å². The number of hydrogen-bond donors (Lipinski definition) is 0. The van der Waals surface area contributed by atoms with Gasteiger partial charge in [0, 0.05) is 31.1 Å². The molecule has 0 atom stereocenters. The largest absolute Gasteiger partial charge is 0.427 e. The molecular weight excluding hydrogens is 333 g/mol. The highest BCUT2D eigenvalue weighted by molar-refractivity contribution is 6.38. The molecule has 0 N–H and O–H groups in total. The molecule has 26 heavy (non-hydrogen) atoms. The van der Waals surface area contributed by atoms with Crippen LogP contribution in [-0.4, -0.2) is 24.4 Å². The average molecular weight is 349 g/mol. The number of rotatable bonds is 3. The predicted octanol–water partition coefficient (Wildman–Crippen LogP) is 1.10. The Morgan fingerprint density at radius 3 is 2.08 bits per heavy atom. The number of hydrogen-bond acceptors (Lipinski definition) is 5. The minimum Gasteiger partial charge on any atom is -0.427 e. The molecule has 0 amide bonds. The Hall–Kier alpha value is -3.35. The molecule has 0 saturated heterocycles. The number of esters is 2. The zero-order valence-corrected chi connectivity index (χ0v) is 14.6. The fourth-order valence-corrected chi connectivity index (χ4v) is 2.75. The van der Waals surface area contributed by atoms with Crippen LogP contribution in [0.3, 0.4) is 0 Å². The summed E-state index contributed by atoms with van der Waals surface area (Å²) in [5.41, 5.74) is 1.32. The fourth-order valence-electron chi connectivity index (χ4n) is 2.75. The molecule has 0 aliphatic rings. The summed E-state index contributed by atoms with van der Waals surface area (Å²) in [6.07, 6.45) is 1.73. The van der Waals surface area contributed by atoms with Crippen LogP contribution in [0.1, 0.15) is 13.8 Å². The van der Waals surface area contributed by atoms with E-state index in [1.807, 2.05) is 7.85 Å². The highest BCUT2D eigenvalue weighted by Crippen LogP contribution is 2.19. The third-order valence-corrected chi connectivity index (χ3v) is 3.83. The molecule has 1 aromatic heterocycles. The van der Waals surface area contributed by atoms with Gasteiger partial charge in [-0.1, -0.05) is 5.46 Å². The molecule has 130 valence electrons. The van der Waals surface area contributed by atoms with Gasteiger partial charge in [-0.05, 0) is 47.9 Å². The van der Waals surface area contributed by atoms with Gasteiger partial charge in [-0.25, -0.2) is 0 Å².